The molecule has 5 heteroatoms. The molecule has 23 heavy (non-hydrogen) atoms. The van der Waals surface area contributed by atoms with Crippen molar-refractivity contribution >= 4 is 17.5 Å². The molecule has 0 saturated heterocycles. The third kappa shape index (κ3) is 2.87. The normalized spacial score (nSPS) is 16.7. The first-order valence-corrected chi connectivity index (χ1v) is 7.69. The lowest BCUT2D eigenvalue weighted by molar-refractivity contribution is -0.120. The third-order valence-electron chi connectivity index (χ3n) is 4.16. The van der Waals surface area contributed by atoms with Gasteiger partial charge in [-0.3, -0.25) is 14.4 Å². The van der Waals surface area contributed by atoms with E-state index < -0.39 is 0 Å². The maximum atomic E-state index is 12.6. The molecule has 3 rings (SSSR count). The minimum absolute atomic E-state index is 0.0712. The van der Waals surface area contributed by atoms with E-state index in [1.165, 1.54) is 0 Å². The molecule has 1 aromatic carbocycles. The van der Waals surface area contributed by atoms with Gasteiger partial charge in [-0.25, -0.2) is 0 Å². The minimum atomic E-state index is -0.130. The van der Waals surface area contributed by atoms with Gasteiger partial charge in [0.2, 0.25) is 5.91 Å². The topological polar surface area (TPSA) is 89.3 Å². The largest absolute Gasteiger partial charge is 0.355 e. The molecule has 1 amide bonds. The molecule has 0 spiro atoms. The molecule has 0 unspecified atom stereocenters. The van der Waals surface area contributed by atoms with Crippen LogP contribution in [0.1, 0.15) is 40.0 Å². The molecule has 0 radical (unpaired) electrons. The first-order chi connectivity index (χ1) is 11.1. The van der Waals surface area contributed by atoms with Crippen LogP contribution in [0.2, 0.25) is 0 Å². The van der Waals surface area contributed by atoms with E-state index in [4.69, 9.17) is 5.73 Å². The monoisotopic (exact) mass is 310 g/mol. The van der Waals surface area contributed by atoms with Gasteiger partial charge >= 0.3 is 0 Å². The van der Waals surface area contributed by atoms with Crippen molar-refractivity contribution in [3.63, 3.8) is 0 Å². The molecule has 0 aromatic heterocycles. The number of carbonyl (C=O) groups is 3. The predicted molar refractivity (Wildman–Crippen MR) is 86.1 cm³/mol. The average Bonchev–Trinajstić information content (AvgIpc) is 2.58. The van der Waals surface area contributed by atoms with Gasteiger partial charge in [0.1, 0.15) is 0 Å². The van der Waals surface area contributed by atoms with E-state index in [0.717, 1.165) is 5.57 Å². The van der Waals surface area contributed by atoms with Crippen LogP contribution < -0.4 is 11.1 Å². The molecule has 0 bridgehead atoms. The molecule has 3 N–H and O–H groups in total. The molecule has 1 aromatic rings. The molecular weight excluding hydrogens is 292 g/mol. The van der Waals surface area contributed by atoms with E-state index in [0.29, 0.717) is 48.2 Å². The molecule has 0 aliphatic heterocycles. The molecule has 0 atom stereocenters. The summed E-state index contributed by atoms with van der Waals surface area (Å²) in [6.07, 6.45) is 3.08. The number of rotatable bonds is 4. The van der Waals surface area contributed by atoms with Crippen LogP contribution in [0.3, 0.4) is 0 Å². The maximum absolute atomic E-state index is 12.6. The second-order valence-electron chi connectivity index (χ2n) is 5.71. The highest BCUT2D eigenvalue weighted by Crippen LogP contribution is 2.34. The zero-order valence-corrected chi connectivity index (χ0v) is 12.7. The number of nitrogens with one attached hydrogen (secondary N) is 1. The van der Waals surface area contributed by atoms with Gasteiger partial charge in [0.15, 0.2) is 11.6 Å². The van der Waals surface area contributed by atoms with Crippen molar-refractivity contribution in [2.45, 2.75) is 19.3 Å². The lowest BCUT2D eigenvalue weighted by Crippen LogP contribution is -2.29. The standard InChI is InChI=1S/C18H18N2O3/c19-7-8-20-16(21)10-11-5-6-14-15(9-11)18(23)13-4-2-1-3-12(13)17(14)22/h1-4,9H,5-8,10,19H2,(H,20,21). The summed E-state index contributed by atoms with van der Waals surface area (Å²) in [6, 6.07) is 6.89. The van der Waals surface area contributed by atoms with Crippen molar-refractivity contribution in [3.05, 3.63) is 58.2 Å². The van der Waals surface area contributed by atoms with Gasteiger partial charge in [-0.2, -0.15) is 0 Å². The van der Waals surface area contributed by atoms with Crippen LogP contribution in [0.4, 0.5) is 0 Å². The predicted octanol–water partition coefficient (Wildman–Crippen LogP) is 1.55. The fraction of sp³-hybridized carbons (Fsp3) is 0.278. The Morgan fingerprint density at radius 1 is 1.09 bits per heavy atom. The maximum Gasteiger partial charge on any atom is 0.224 e. The molecule has 2 aliphatic rings. The zero-order valence-electron chi connectivity index (χ0n) is 12.7. The Bertz CT molecular complexity index is 759. The molecule has 0 fully saturated rings. The summed E-state index contributed by atoms with van der Waals surface area (Å²) in [5.74, 6) is -0.311. The summed E-state index contributed by atoms with van der Waals surface area (Å²) in [4.78, 5) is 37.0. The van der Waals surface area contributed by atoms with Crippen LogP contribution in [0.25, 0.3) is 0 Å². The SMILES string of the molecule is NCCNC(=O)CC1=CC2=C(CC1)C(=O)c1ccccc1C2=O. The number of fused-ring (bicyclic) bond motifs is 1. The van der Waals surface area contributed by atoms with Gasteiger partial charge in [0.05, 0.1) is 0 Å². The number of amides is 1. The highest BCUT2D eigenvalue weighted by atomic mass is 16.2. The van der Waals surface area contributed by atoms with Crippen LogP contribution in [0.5, 0.6) is 0 Å². The number of allylic oxidation sites excluding steroid dienone is 3. The lowest BCUT2D eigenvalue weighted by atomic mass is 9.78. The summed E-state index contributed by atoms with van der Waals surface area (Å²) in [5.41, 5.74) is 8.17. The van der Waals surface area contributed by atoms with Crippen molar-refractivity contribution in [3.8, 4) is 0 Å². The minimum Gasteiger partial charge on any atom is -0.355 e. The fourth-order valence-corrected chi connectivity index (χ4v) is 3.03. The summed E-state index contributed by atoms with van der Waals surface area (Å²) in [7, 11) is 0. The van der Waals surface area contributed by atoms with Crippen LogP contribution in [0, 0.1) is 0 Å². The van der Waals surface area contributed by atoms with E-state index in [1.807, 2.05) is 0 Å². The summed E-state index contributed by atoms with van der Waals surface area (Å²) in [5, 5.41) is 2.71. The Morgan fingerprint density at radius 3 is 2.48 bits per heavy atom. The molecule has 118 valence electrons. The van der Waals surface area contributed by atoms with Crippen molar-refractivity contribution in [2.75, 3.05) is 13.1 Å². The summed E-state index contributed by atoms with van der Waals surface area (Å²) in [6.45, 7) is 0.828. The second kappa shape index (κ2) is 6.30. The van der Waals surface area contributed by atoms with E-state index in [-0.39, 0.29) is 23.9 Å². The van der Waals surface area contributed by atoms with Gasteiger partial charge in [-0.1, -0.05) is 35.9 Å². The first-order valence-electron chi connectivity index (χ1n) is 7.69. The van der Waals surface area contributed by atoms with Crippen LogP contribution in [-0.4, -0.2) is 30.6 Å². The van der Waals surface area contributed by atoms with Gasteiger partial charge in [0.25, 0.3) is 0 Å². The van der Waals surface area contributed by atoms with Gasteiger partial charge < -0.3 is 11.1 Å². The third-order valence-corrected chi connectivity index (χ3v) is 4.16. The van der Waals surface area contributed by atoms with E-state index in [9.17, 15) is 14.4 Å². The molecular formula is C18H18N2O3. The number of ketones is 2. The van der Waals surface area contributed by atoms with E-state index in [2.05, 4.69) is 5.32 Å². The molecule has 2 aliphatic carbocycles. The molecule has 0 saturated carbocycles. The Morgan fingerprint density at radius 2 is 1.78 bits per heavy atom. The van der Waals surface area contributed by atoms with Gasteiger partial charge in [0, 0.05) is 41.8 Å². The van der Waals surface area contributed by atoms with Crippen LogP contribution in [-0.2, 0) is 4.79 Å². The van der Waals surface area contributed by atoms with Crippen LogP contribution >= 0.6 is 0 Å². The van der Waals surface area contributed by atoms with Crippen molar-refractivity contribution < 1.29 is 14.4 Å². The lowest BCUT2D eigenvalue weighted by Gasteiger charge is -2.24. The Labute approximate surface area is 134 Å². The van der Waals surface area contributed by atoms with Crippen molar-refractivity contribution in [1.82, 2.24) is 5.32 Å². The smallest absolute Gasteiger partial charge is 0.224 e. The fourth-order valence-electron chi connectivity index (χ4n) is 3.03. The summed E-state index contributed by atoms with van der Waals surface area (Å²) >= 11 is 0. The number of carbonyl (C=O) groups excluding carboxylic acids is 3. The molecule has 5 nitrogen and oxygen atoms in total. The Kier molecular flexibility index (Phi) is 4.21. The highest BCUT2D eigenvalue weighted by Gasteiger charge is 2.32. The van der Waals surface area contributed by atoms with Crippen LogP contribution in [0.15, 0.2) is 47.1 Å². The zero-order chi connectivity index (χ0) is 16.4. The molecule has 0 heterocycles. The quantitative estimate of drug-likeness (QED) is 0.883. The van der Waals surface area contributed by atoms with Gasteiger partial charge in [-0.15, -0.1) is 0 Å². The number of Topliss-reactive ketones (excluding diaryl/α,β-unsaturated/α-hetero) is 2. The second-order valence-corrected chi connectivity index (χ2v) is 5.71. The number of nitrogens with two attached hydrogens (primary N) is 1. The number of hydrogen-bond acceptors (Lipinski definition) is 4. The number of hydrogen-bond donors (Lipinski definition) is 2. The highest BCUT2D eigenvalue weighted by molar-refractivity contribution is 6.28. The first kappa shape index (κ1) is 15.4. The number of benzene rings is 1. The Balaban J connectivity index is 1.87. The van der Waals surface area contributed by atoms with Gasteiger partial charge in [-0.05, 0) is 12.8 Å². The van der Waals surface area contributed by atoms with Crippen molar-refractivity contribution in [2.24, 2.45) is 5.73 Å². The van der Waals surface area contributed by atoms with E-state index in [1.54, 1.807) is 30.3 Å². The van der Waals surface area contributed by atoms with Crippen molar-refractivity contribution in [1.29, 1.82) is 0 Å². The average molecular weight is 310 g/mol. The summed E-state index contributed by atoms with van der Waals surface area (Å²) < 4.78 is 0. The van der Waals surface area contributed by atoms with E-state index >= 15 is 0 Å². The Hall–Kier alpha value is -2.53.